The molecule has 0 bridgehead atoms. The molecule has 2 heterocycles. The molecule has 0 aliphatic rings. The first-order valence-corrected chi connectivity index (χ1v) is 6.43. The SMILES string of the molecule is CNC(c1ccoc1Cl)c1cccc2cccnc12. The Morgan fingerprint density at radius 1 is 1.16 bits per heavy atom. The molecule has 1 aromatic carbocycles. The molecule has 2 aromatic heterocycles. The molecule has 0 spiro atoms. The predicted octanol–water partition coefficient (Wildman–Crippen LogP) is 3.79. The number of hydrogen-bond donors (Lipinski definition) is 1. The Morgan fingerprint density at radius 2 is 2.00 bits per heavy atom. The second-order valence-corrected chi connectivity index (χ2v) is 4.64. The molecule has 3 aromatic rings. The van der Waals surface area contributed by atoms with Gasteiger partial charge in [0.15, 0.2) is 5.22 Å². The predicted molar refractivity (Wildman–Crippen MR) is 76.4 cm³/mol. The lowest BCUT2D eigenvalue weighted by molar-refractivity contribution is 0.560. The first-order chi connectivity index (χ1) is 9.31. The normalized spacial score (nSPS) is 12.7. The van der Waals surface area contributed by atoms with Gasteiger partial charge in [0, 0.05) is 17.1 Å². The van der Waals surface area contributed by atoms with Gasteiger partial charge >= 0.3 is 0 Å². The molecule has 0 amide bonds. The highest BCUT2D eigenvalue weighted by atomic mass is 35.5. The van der Waals surface area contributed by atoms with E-state index in [0.717, 1.165) is 22.0 Å². The Hall–Kier alpha value is -1.84. The van der Waals surface area contributed by atoms with E-state index in [0.29, 0.717) is 5.22 Å². The smallest absolute Gasteiger partial charge is 0.198 e. The van der Waals surface area contributed by atoms with Crippen LogP contribution in [0.25, 0.3) is 10.9 Å². The van der Waals surface area contributed by atoms with Gasteiger partial charge in [0.05, 0.1) is 17.8 Å². The lowest BCUT2D eigenvalue weighted by atomic mass is 9.98. The summed E-state index contributed by atoms with van der Waals surface area (Å²) in [6.45, 7) is 0. The topological polar surface area (TPSA) is 38.1 Å². The Bertz CT molecular complexity index is 703. The zero-order valence-electron chi connectivity index (χ0n) is 10.4. The van der Waals surface area contributed by atoms with E-state index in [2.05, 4.69) is 28.5 Å². The molecule has 1 unspecified atom stereocenters. The fourth-order valence-corrected chi connectivity index (χ4v) is 2.57. The van der Waals surface area contributed by atoms with Crippen LogP contribution in [0.2, 0.25) is 5.22 Å². The standard InChI is InChI=1S/C15H13ClN2O/c1-17-14(12-7-9-19-15(12)16)11-6-2-4-10-5-3-8-18-13(10)11/h2-9,14,17H,1H3. The van der Waals surface area contributed by atoms with Gasteiger partial charge in [0.25, 0.3) is 0 Å². The number of hydrogen-bond acceptors (Lipinski definition) is 3. The summed E-state index contributed by atoms with van der Waals surface area (Å²) in [4.78, 5) is 4.48. The molecule has 0 saturated carbocycles. The first-order valence-electron chi connectivity index (χ1n) is 6.05. The number of para-hydroxylation sites is 1. The maximum atomic E-state index is 6.09. The van der Waals surface area contributed by atoms with Crippen molar-refractivity contribution >= 4 is 22.5 Å². The third kappa shape index (κ3) is 2.11. The van der Waals surface area contributed by atoms with E-state index in [4.69, 9.17) is 16.0 Å². The number of benzene rings is 1. The number of aromatic nitrogens is 1. The van der Waals surface area contributed by atoms with Gasteiger partial charge in [-0.2, -0.15) is 0 Å². The van der Waals surface area contributed by atoms with Gasteiger partial charge in [0.2, 0.25) is 0 Å². The summed E-state index contributed by atoms with van der Waals surface area (Å²) >= 11 is 6.09. The number of nitrogens with zero attached hydrogens (tertiary/aromatic N) is 1. The lowest BCUT2D eigenvalue weighted by Crippen LogP contribution is -2.18. The summed E-state index contributed by atoms with van der Waals surface area (Å²) in [6.07, 6.45) is 3.40. The van der Waals surface area contributed by atoms with Crippen molar-refractivity contribution in [2.24, 2.45) is 0 Å². The minimum Gasteiger partial charge on any atom is -0.453 e. The summed E-state index contributed by atoms with van der Waals surface area (Å²) in [5.74, 6) is 0. The van der Waals surface area contributed by atoms with E-state index in [1.807, 2.05) is 25.2 Å². The summed E-state index contributed by atoms with van der Waals surface area (Å²) in [5.41, 5.74) is 2.98. The summed E-state index contributed by atoms with van der Waals surface area (Å²) in [7, 11) is 1.90. The van der Waals surface area contributed by atoms with Gasteiger partial charge in [-0.25, -0.2) is 0 Å². The zero-order valence-corrected chi connectivity index (χ0v) is 11.2. The molecule has 0 radical (unpaired) electrons. The molecule has 0 aliphatic heterocycles. The molecule has 1 N–H and O–H groups in total. The Morgan fingerprint density at radius 3 is 2.74 bits per heavy atom. The van der Waals surface area contributed by atoms with Crippen LogP contribution in [-0.4, -0.2) is 12.0 Å². The van der Waals surface area contributed by atoms with Gasteiger partial charge in [0.1, 0.15) is 0 Å². The average Bonchev–Trinajstić information content (AvgIpc) is 2.86. The minimum absolute atomic E-state index is 0.0372. The number of furan rings is 1. The van der Waals surface area contributed by atoms with Crippen LogP contribution < -0.4 is 5.32 Å². The molecule has 19 heavy (non-hydrogen) atoms. The van der Waals surface area contributed by atoms with Crippen molar-refractivity contribution in [2.45, 2.75) is 6.04 Å². The fraction of sp³-hybridized carbons (Fsp3) is 0.133. The highest BCUT2D eigenvalue weighted by Crippen LogP contribution is 2.32. The molecule has 0 fully saturated rings. The highest BCUT2D eigenvalue weighted by Gasteiger charge is 2.19. The maximum Gasteiger partial charge on any atom is 0.198 e. The highest BCUT2D eigenvalue weighted by molar-refractivity contribution is 6.29. The van der Waals surface area contributed by atoms with Crippen LogP contribution in [0.1, 0.15) is 17.2 Å². The van der Waals surface area contributed by atoms with Gasteiger partial charge < -0.3 is 9.73 Å². The van der Waals surface area contributed by atoms with E-state index >= 15 is 0 Å². The van der Waals surface area contributed by atoms with Crippen molar-refractivity contribution in [3.8, 4) is 0 Å². The summed E-state index contributed by atoms with van der Waals surface area (Å²) < 4.78 is 5.19. The van der Waals surface area contributed by atoms with E-state index < -0.39 is 0 Å². The molecule has 0 saturated heterocycles. The van der Waals surface area contributed by atoms with Gasteiger partial charge in [-0.3, -0.25) is 4.98 Å². The van der Waals surface area contributed by atoms with Crippen molar-refractivity contribution in [1.82, 2.24) is 10.3 Å². The molecule has 3 nitrogen and oxygen atoms in total. The summed E-state index contributed by atoms with van der Waals surface area (Å²) in [5, 5.41) is 4.79. The second-order valence-electron chi connectivity index (χ2n) is 4.29. The van der Waals surface area contributed by atoms with Crippen LogP contribution in [-0.2, 0) is 0 Å². The molecule has 4 heteroatoms. The lowest BCUT2D eigenvalue weighted by Gasteiger charge is -2.17. The summed E-state index contributed by atoms with van der Waals surface area (Å²) in [6, 6.07) is 12.0. The van der Waals surface area contributed by atoms with Gasteiger partial charge in [-0.15, -0.1) is 0 Å². The third-order valence-electron chi connectivity index (χ3n) is 3.22. The molecule has 3 rings (SSSR count). The van der Waals surface area contributed by atoms with E-state index in [1.54, 1.807) is 12.5 Å². The van der Waals surface area contributed by atoms with Crippen LogP contribution in [0.5, 0.6) is 0 Å². The van der Waals surface area contributed by atoms with Crippen LogP contribution in [0, 0.1) is 0 Å². The minimum atomic E-state index is -0.0372. The van der Waals surface area contributed by atoms with Crippen LogP contribution >= 0.6 is 11.6 Å². The first kappa shape index (κ1) is 12.2. The molecule has 0 aliphatic carbocycles. The Labute approximate surface area is 116 Å². The Kier molecular flexibility index (Phi) is 3.23. The second kappa shape index (κ2) is 5.03. The number of halogens is 1. The third-order valence-corrected chi connectivity index (χ3v) is 3.53. The number of fused-ring (bicyclic) bond motifs is 1. The van der Waals surface area contributed by atoms with Crippen LogP contribution in [0.3, 0.4) is 0 Å². The van der Waals surface area contributed by atoms with Gasteiger partial charge in [-0.05, 0) is 36.3 Å². The van der Waals surface area contributed by atoms with E-state index in [9.17, 15) is 0 Å². The van der Waals surface area contributed by atoms with Crippen LogP contribution in [0.15, 0.2) is 53.3 Å². The van der Waals surface area contributed by atoms with Gasteiger partial charge in [-0.1, -0.05) is 24.3 Å². The van der Waals surface area contributed by atoms with E-state index in [1.165, 1.54) is 0 Å². The maximum absolute atomic E-state index is 6.09. The van der Waals surface area contributed by atoms with Crippen molar-refractivity contribution in [1.29, 1.82) is 0 Å². The molecular weight excluding hydrogens is 260 g/mol. The molecular formula is C15H13ClN2O. The van der Waals surface area contributed by atoms with Crippen molar-refractivity contribution in [3.63, 3.8) is 0 Å². The average molecular weight is 273 g/mol. The zero-order chi connectivity index (χ0) is 13.2. The largest absolute Gasteiger partial charge is 0.453 e. The van der Waals surface area contributed by atoms with Crippen molar-refractivity contribution in [3.05, 3.63) is 65.2 Å². The van der Waals surface area contributed by atoms with Crippen molar-refractivity contribution < 1.29 is 4.42 Å². The Balaban J connectivity index is 2.20. The monoisotopic (exact) mass is 272 g/mol. The molecule has 96 valence electrons. The number of pyridine rings is 1. The molecule has 1 atom stereocenters. The van der Waals surface area contributed by atoms with E-state index in [-0.39, 0.29) is 6.04 Å². The van der Waals surface area contributed by atoms with Crippen LogP contribution in [0.4, 0.5) is 0 Å². The van der Waals surface area contributed by atoms with Crippen molar-refractivity contribution in [2.75, 3.05) is 7.05 Å². The number of nitrogens with one attached hydrogen (secondary N) is 1. The number of rotatable bonds is 3. The fourth-order valence-electron chi connectivity index (χ4n) is 2.35. The quantitative estimate of drug-likeness (QED) is 0.788.